The van der Waals surface area contributed by atoms with Crippen LogP contribution in [0, 0.1) is 6.92 Å². The molecule has 2 aromatic carbocycles. The minimum atomic E-state index is -0.935. The number of carbonyl (C=O) groups is 3. The van der Waals surface area contributed by atoms with Gasteiger partial charge in [0.05, 0.1) is 0 Å². The van der Waals surface area contributed by atoms with Crippen LogP contribution in [0.1, 0.15) is 23.1 Å². The van der Waals surface area contributed by atoms with Crippen molar-refractivity contribution in [3.05, 3.63) is 65.2 Å². The lowest BCUT2D eigenvalue weighted by atomic mass is 9.78. The molecule has 27 heavy (non-hydrogen) atoms. The Bertz CT molecular complexity index is 923. The largest absolute Gasteiger partial charge is 0.325 e. The van der Waals surface area contributed by atoms with Crippen LogP contribution in [0.4, 0.5) is 10.5 Å². The van der Waals surface area contributed by atoms with E-state index in [1.54, 1.807) is 12.1 Å². The van der Waals surface area contributed by atoms with E-state index in [4.69, 9.17) is 0 Å². The average Bonchev–Trinajstić information content (AvgIpc) is 2.87. The Kier molecular flexibility index (Phi) is 4.18. The second-order valence-electron chi connectivity index (χ2n) is 7.26. The number of imide groups is 1. The summed E-state index contributed by atoms with van der Waals surface area (Å²) in [6, 6.07) is 14.8. The zero-order valence-corrected chi connectivity index (χ0v) is 15.1. The quantitative estimate of drug-likeness (QED) is 0.822. The van der Waals surface area contributed by atoms with Crippen molar-refractivity contribution in [1.82, 2.24) is 10.2 Å². The second-order valence-corrected chi connectivity index (χ2v) is 7.26. The number of benzene rings is 2. The van der Waals surface area contributed by atoms with Crippen LogP contribution in [0.3, 0.4) is 0 Å². The third-order valence-electron chi connectivity index (χ3n) is 5.31. The highest BCUT2D eigenvalue weighted by atomic mass is 16.2. The number of anilines is 1. The lowest BCUT2D eigenvalue weighted by Crippen LogP contribution is -2.51. The maximum Gasteiger partial charge on any atom is 0.325 e. The third-order valence-corrected chi connectivity index (χ3v) is 5.31. The normalized spacial score (nSPS) is 21.1. The number of urea groups is 1. The van der Waals surface area contributed by atoms with Gasteiger partial charge in [-0.3, -0.25) is 14.5 Å². The highest BCUT2D eigenvalue weighted by Gasteiger charge is 2.52. The molecule has 2 aromatic rings. The highest BCUT2D eigenvalue weighted by molar-refractivity contribution is 6.10. The van der Waals surface area contributed by atoms with Gasteiger partial charge >= 0.3 is 6.03 Å². The first-order valence-corrected chi connectivity index (χ1v) is 9.04. The molecule has 4 amide bonds. The zero-order valence-electron chi connectivity index (χ0n) is 15.1. The molecule has 6 nitrogen and oxygen atoms in total. The summed E-state index contributed by atoms with van der Waals surface area (Å²) in [5.74, 6) is -0.711. The average molecular weight is 363 g/mol. The van der Waals surface area contributed by atoms with Crippen LogP contribution in [0.15, 0.2) is 48.5 Å². The summed E-state index contributed by atoms with van der Waals surface area (Å²) in [7, 11) is 0. The molecule has 4 rings (SSSR count). The Labute approximate surface area is 157 Å². The lowest BCUT2D eigenvalue weighted by molar-refractivity contribution is -0.134. The van der Waals surface area contributed by atoms with Gasteiger partial charge in [0.2, 0.25) is 5.91 Å². The fourth-order valence-electron chi connectivity index (χ4n) is 3.83. The van der Waals surface area contributed by atoms with E-state index in [0.29, 0.717) is 18.5 Å². The summed E-state index contributed by atoms with van der Waals surface area (Å²) in [6.45, 7) is 1.67. The molecule has 1 aliphatic heterocycles. The predicted molar refractivity (Wildman–Crippen MR) is 101 cm³/mol. The van der Waals surface area contributed by atoms with Gasteiger partial charge in [0.25, 0.3) is 5.91 Å². The Morgan fingerprint density at radius 3 is 2.56 bits per heavy atom. The fourth-order valence-corrected chi connectivity index (χ4v) is 3.83. The number of amides is 4. The van der Waals surface area contributed by atoms with Crippen LogP contribution in [0.5, 0.6) is 0 Å². The molecule has 1 saturated heterocycles. The van der Waals surface area contributed by atoms with Crippen LogP contribution in [-0.2, 0) is 22.4 Å². The van der Waals surface area contributed by atoms with Crippen LogP contribution < -0.4 is 10.6 Å². The number of carbonyl (C=O) groups excluding carboxylic acids is 3. The van der Waals surface area contributed by atoms with Gasteiger partial charge in [0, 0.05) is 12.1 Å². The van der Waals surface area contributed by atoms with E-state index in [2.05, 4.69) is 16.7 Å². The maximum absolute atomic E-state index is 13.0. The fraction of sp³-hybridized carbons (Fsp3) is 0.286. The van der Waals surface area contributed by atoms with E-state index in [1.165, 1.54) is 5.56 Å². The maximum atomic E-state index is 13.0. The van der Waals surface area contributed by atoms with Crippen LogP contribution in [0.2, 0.25) is 0 Å². The summed E-state index contributed by atoms with van der Waals surface area (Å²) in [5, 5.41) is 5.58. The molecule has 0 bridgehead atoms. The summed E-state index contributed by atoms with van der Waals surface area (Å²) in [4.78, 5) is 38.8. The van der Waals surface area contributed by atoms with Gasteiger partial charge in [0.15, 0.2) is 0 Å². The van der Waals surface area contributed by atoms with Gasteiger partial charge in [-0.05, 0) is 43.0 Å². The van der Waals surface area contributed by atoms with Crippen LogP contribution in [0.25, 0.3) is 0 Å². The minimum absolute atomic E-state index is 0.290. The third kappa shape index (κ3) is 3.18. The summed E-state index contributed by atoms with van der Waals surface area (Å²) in [6.07, 6.45) is 1.74. The number of nitrogens with one attached hydrogen (secondary N) is 2. The standard InChI is InChI=1S/C21H21N3O3/c1-14-6-8-17(9-7-14)22-18(25)13-24-19(26)21(23-20(24)27)11-10-15-4-2-3-5-16(15)12-21/h2-9H,10-13H2,1H3,(H,22,25)(H,23,27). The number of hydrogen-bond donors (Lipinski definition) is 2. The van der Waals surface area contributed by atoms with Gasteiger partial charge in [-0.1, -0.05) is 42.0 Å². The molecule has 0 saturated carbocycles. The summed E-state index contributed by atoms with van der Waals surface area (Å²) < 4.78 is 0. The number of hydrogen-bond acceptors (Lipinski definition) is 3. The van der Waals surface area contributed by atoms with Crippen molar-refractivity contribution < 1.29 is 14.4 Å². The van der Waals surface area contributed by atoms with E-state index >= 15 is 0 Å². The van der Waals surface area contributed by atoms with E-state index in [0.717, 1.165) is 22.4 Å². The molecule has 2 N–H and O–H groups in total. The minimum Gasteiger partial charge on any atom is -0.325 e. The topological polar surface area (TPSA) is 78.5 Å². The molecule has 1 spiro atoms. The highest BCUT2D eigenvalue weighted by Crippen LogP contribution is 2.33. The molecule has 138 valence electrons. The number of fused-ring (bicyclic) bond motifs is 1. The Morgan fingerprint density at radius 1 is 1.11 bits per heavy atom. The summed E-state index contributed by atoms with van der Waals surface area (Å²) in [5.41, 5.74) is 3.07. The Balaban J connectivity index is 1.47. The monoisotopic (exact) mass is 363 g/mol. The van der Waals surface area contributed by atoms with Crippen molar-refractivity contribution in [2.75, 3.05) is 11.9 Å². The van der Waals surface area contributed by atoms with Crippen molar-refractivity contribution >= 4 is 23.5 Å². The van der Waals surface area contributed by atoms with E-state index in [1.807, 2.05) is 37.3 Å². The zero-order chi connectivity index (χ0) is 19.0. The smallest absolute Gasteiger partial charge is 0.325 e. The molecule has 0 aromatic heterocycles. The number of aryl methyl sites for hydroxylation is 2. The van der Waals surface area contributed by atoms with Gasteiger partial charge in [0.1, 0.15) is 12.1 Å². The van der Waals surface area contributed by atoms with E-state index in [-0.39, 0.29) is 12.5 Å². The molecule has 1 heterocycles. The Hall–Kier alpha value is -3.15. The van der Waals surface area contributed by atoms with Crippen LogP contribution >= 0.6 is 0 Å². The first-order chi connectivity index (χ1) is 13.0. The Morgan fingerprint density at radius 2 is 1.81 bits per heavy atom. The molecule has 1 atom stereocenters. The molecule has 2 aliphatic rings. The van der Waals surface area contributed by atoms with E-state index in [9.17, 15) is 14.4 Å². The van der Waals surface area contributed by atoms with Crippen molar-refractivity contribution in [1.29, 1.82) is 0 Å². The summed E-state index contributed by atoms with van der Waals surface area (Å²) >= 11 is 0. The van der Waals surface area contributed by atoms with Crippen molar-refractivity contribution in [2.45, 2.75) is 31.7 Å². The predicted octanol–water partition coefficient (Wildman–Crippen LogP) is 2.41. The van der Waals surface area contributed by atoms with Crippen LogP contribution in [-0.4, -0.2) is 34.8 Å². The molecule has 1 aliphatic carbocycles. The molecular formula is C21H21N3O3. The van der Waals surface area contributed by atoms with Crippen molar-refractivity contribution in [3.63, 3.8) is 0 Å². The van der Waals surface area contributed by atoms with Gasteiger partial charge in [-0.15, -0.1) is 0 Å². The second kappa shape index (κ2) is 6.54. The number of rotatable bonds is 3. The SMILES string of the molecule is Cc1ccc(NC(=O)CN2C(=O)NC3(CCc4ccccc4C3)C2=O)cc1. The number of nitrogens with zero attached hydrogens (tertiary/aromatic N) is 1. The van der Waals surface area contributed by atoms with Gasteiger partial charge in [-0.2, -0.15) is 0 Å². The molecule has 1 fully saturated rings. The first-order valence-electron chi connectivity index (χ1n) is 9.04. The first kappa shape index (κ1) is 17.3. The van der Waals surface area contributed by atoms with E-state index < -0.39 is 17.5 Å². The molecule has 1 unspecified atom stereocenters. The molecule has 6 heteroatoms. The molecular weight excluding hydrogens is 342 g/mol. The van der Waals surface area contributed by atoms with Crippen molar-refractivity contribution in [2.24, 2.45) is 0 Å². The lowest BCUT2D eigenvalue weighted by Gasteiger charge is -2.32. The van der Waals surface area contributed by atoms with Gasteiger partial charge < -0.3 is 10.6 Å². The molecule has 0 radical (unpaired) electrons. The van der Waals surface area contributed by atoms with Gasteiger partial charge in [-0.25, -0.2) is 4.79 Å². The van der Waals surface area contributed by atoms with Crippen molar-refractivity contribution in [3.8, 4) is 0 Å².